The van der Waals surface area contributed by atoms with Crippen molar-refractivity contribution < 1.29 is 19.4 Å². The molecule has 1 N–H and O–H groups in total. The molecule has 5 unspecified atom stereocenters. The fourth-order valence-electron chi connectivity index (χ4n) is 6.29. The van der Waals surface area contributed by atoms with Crippen molar-refractivity contribution in [2.45, 2.75) is 83.7 Å². The molecule has 4 heteroatoms. The smallest absolute Gasteiger partial charge is 0.318 e. The normalized spacial score (nSPS) is 33.5. The standard InChI is InChI=1S/C24H32O4/c1-3-4-16(25)14-23(27)28-17-6-8-18-15(13-17)5-7-20-19(18)11-12-24(2)21(20)9-10-22(24)26/h6,8,13,19-22,26H,3-5,7,9-12,14H2,1-2H3. The van der Waals surface area contributed by atoms with Gasteiger partial charge in [-0.05, 0) is 91.4 Å². The lowest BCUT2D eigenvalue weighted by Crippen LogP contribution is -2.43. The molecule has 0 radical (unpaired) electrons. The highest BCUT2D eigenvalue weighted by molar-refractivity contribution is 5.96. The molecule has 0 amide bonds. The maximum absolute atomic E-state index is 12.0. The summed E-state index contributed by atoms with van der Waals surface area (Å²) >= 11 is 0. The molecule has 0 bridgehead atoms. The van der Waals surface area contributed by atoms with E-state index >= 15 is 0 Å². The van der Waals surface area contributed by atoms with E-state index < -0.39 is 5.97 Å². The molecule has 28 heavy (non-hydrogen) atoms. The third kappa shape index (κ3) is 3.41. The van der Waals surface area contributed by atoms with Gasteiger partial charge in [0.2, 0.25) is 0 Å². The predicted octanol–water partition coefficient (Wildman–Crippen LogP) is 4.57. The highest BCUT2D eigenvalue weighted by Crippen LogP contribution is 2.60. The van der Waals surface area contributed by atoms with Crippen LogP contribution < -0.4 is 4.74 Å². The molecular weight excluding hydrogens is 352 g/mol. The first-order valence-electron chi connectivity index (χ1n) is 11.0. The van der Waals surface area contributed by atoms with Crippen molar-refractivity contribution in [2.75, 3.05) is 0 Å². The molecule has 0 spiro atoms. The van der Waals surface area contributed by atoms with Gasteiger partial charge in [-0.3, -0.25) is 9.59 Å². The number of fused-ring (bicyclic) bond motifs is 5. The van der Waals surface area contributed by atoms with Crippen molar-refractivity contribution in [3.8, 4) is 5.75 Å². The number of carbonyl (C=O) groups excluding carboxylic acids is 2. The Balaban J connectivity index is 1.47. The summed E-state index contributed by atoms with van der Waals surface area (Å²) in [6, 6.07) is 6.03. The van der Waals surface area contributed by atoms with Crippen LogP contribution in [0.1, 0.15) is 82.3 Å². The summed E-state index contributed by atoms with van der Waals surface area (Å²) in [5.74, 6) is 1.88. The second-order valence-electron chi connectivity index (χ2n) is 9.35. The fraction of sp³-hybridized carbons (Fsp3) is 0.667. The molecule has 2 fully saturated rings. The Labute approximate surface area is 167 Å². The van der Waals surface area contributed by atoms with E-state index in [4.69, 9.17) is 4.74 Å². The van der Waals surface area contributed by atoms with E-state index in [2.05, 4.69) is 13.0 Å². The van der Waals surface area contributed by atoms with Gasteiger partial charge >= 0.3 is 5.97 Å². The predicted molar refractivity (Wildman–Crippen MR) is 107 cm³/mol. The molecule has 0 saturated heterocycles. The Morgan fingerprint density at radius 1 is 1.21 bits per heavy atom. The van der Waals surface area contributed by atoms with E-state index in [1.54, 1.807) is 0 Å². The second kappa shape index (κ2) is 7.62. The quantitative estimate of drug-likeness (QED) is 0.459. The van der Waals surface area contributed by atoms with E-state index in [1.165, 1.54) is 11.1 Å². The Bertz CT molecular complexity index is 770. The average molecular weight is 385 g/mol. The van der Waals surface area contributed by atoms with Crippen LogP contribution in [-0.2, 0) is 16.0 Å². The molecule has 5 atom stereocenters. The fourth-order valence-corrected chi connectivity index (χ4v) is 6.29. The van der Waals surface area contributed by atoms with Gasteiger partial charge in [-0.2, -0.15) is 0 Å². The van der Waals surface area contributed by atoms with Crippen LogP contribution in [0.2, 0.25) is 0 Å². The maximum atomic E-state index is 12.0. The lowest BCUT2D eigenvalue weighted by atomic mass is 9.55. The van der Waals surface area contributed by atoms with Crippen LogP contribution >= 0.6 is 0 Å². The highest BCUT2D eigenvalue weighted by atomic mass is 16.5. The summed E-state index contributed by atoms with van der Waals surface area (Å²) in [5, 5.41) is 10.5. The Morgan fingerprint density at radius 2 is 2.04 bits per heavy atom. The summed E-state index contributed by atoms with van der Waals surface area (Å²) < 4.78 is 5.44. The van der Waals surface area contributed by atoms with Crippen molar-refractivity contribution >= 4 is 11.8 Å². The van der Waals surface area contributed by atoms with Crippen LogP contribution in [0.3, 0.4) is 0 Å². The first-order chi connectivity index (χ1) is 13.4. The van der Waals surface area contributed by atoms with Crippen molar-refractivity contribution in [3.63, 3.8) is 0 Å². The molecule has 4 rings (SSSR count). The zero-order valence-electron chi connectivity index (χ0n) is 17.1. The van der Waals surface area contributed by atoms with Crippen molar-refractivity contribution in [1.29, 1.82) is 0 Å². The number of carbonyl (C=O) groups is 2. The molecule has 0 heterocycles. The second-order valence-corrected chi connectivity index (χ2v) is 9.35. The Morgan fingerprint density at radius 3 is 2.82 bits per heavy atom. The molecule has 0 aliphatic heterocycles. The van der Waals surface area contributed by atoms with Gasteiger partial charge in [0.25, 0.3) is 0 Å². The number of aliphatic hydroxyl groups excluding tert-OH is 1. The molecule has 1 aromatic carbocycles. The maximum Gasteiger partial charge on any atom is 0.318 e. The number of esters is 1. The van der Waals surface area contributed by atoms with Gasteiger partial charge in [0, 0.05) is 6.42 Å². The van der Waals surface area contributed by atoms with Gasteiger partial charge in [-0.1, -0.05) is 19.9 Å². The van der Waals surface area contributed by atoms with E-state index in [0.29, 0.717) is 29.9 Å². The summed E-state index contributed by atoms with van der Waals surface area (Å²) in [6.45, 7) is 4.23. The van der Waals surface area contributed by atoms with E-state index in [-0.39, 0.29) is 23.7 Å². The number of ether oxygens (including phenoxy) is 1. The minimum absolute atomic E-state index is 0.0580. The Kier molecular flexibility index (Phi) is 5.34. The van der Waals surface area contributed by atoms with Crippen LogP contribution in [-0.4, -0.2) is 23.0 Å². The third-order valence-corrected chi connectivity index (χ3v) is 7.75. The first kappa shape index (κ1) is 19.6. The van der Waals surface area contributed by atoms with Crippen LogP contribution in [0, 0.1) is 17.3 Å². The molecule has 4 nitrogen and oxygen atoms in total. The lowest BCUT2D eigenvalue weighted by molar-refractivity contribution is -0.138. The Hall–Kier alpha value is -1.68. The summed E-state index contributed by atoms with van der Waals surface area (Å²) in [7, 11) is 0. The number of ketones is 1. The number of hydrogen-bond acceptors (Lipinski definition) is 4. The van der Waals surface area contributed by atoms with Gasteiger partial charge in [0.05, 0.1) is 6.10 Å². The zero-order chi connectivity index (χ0) is 19.9. The number of benzene rings is 1. The summed E-state index contributed by atoms with van der Waals surface area (Å²) in [6.07, 6.45) is 7.37. The van der Waals surface area contributed by atoms with Crippen molar-refractivity contribution in [1.82, 2.24) is 0 Å². The van der Waals surface area contributed by atoms with Crippen LogP contribution in [0.15, 0.2) is 18.2 Å². The first-order valence-corrected chi connectivity index (χ1v) is 11.0. The van der Waals surface area contributed by atoms with Gasteiger partial charge in [-0.25, -0.2) is 0 Å². The van der Waals surface area contributed by atoms with E-state index in [0.717, 1.165) is 44.9 Å². The molecular formula is C24H32O4. The van der Waals surface area contributed by atoms with Crippen molar-refractivity contribution in [3.05, 3.63) is 29.3 Å². The molecule has 3 aliphatic rings. The van der Waals surface area contributed by atoms with Crippen LogP contribution in [0.25, 0.3) is 0 Å². The van der Waals surface area contributed by atoms with Crippen LogP contribution in [0.4, 0.5) is 0 Å². The van der Waals surface area contributed by atoms with E-state index in [9.17, 15) is 14.7 Å². The van der Waals surface area contributed by atoms with Crippen LogP contribution in [0.5, 0.6) is 5.75 Å². The molecule has 2 saturated carbocycles. The third-order valence-electron chi connectivity index (χ3n) is 7.75. The minimum Gasteiger partial charge on any atom is -0.426 e. The summed E-state index contributed by atoms with van der Waals surface area (Å²) in [4.78, 5) is 23.7. The van der Waals surface area contributed by atoms with Crippen molar-refractivity contribution in [2.24, 2.45) is 17.3 Å². The zero-order valence-corrected chi connectivity index (χ0v) is 17.1. The van der Waals surface area contributed by atoms with Gasteiger partial charge in [0.15, 0.2) is 0 Å². The number of aryl methyl sites for hydroxylation is 1. The largest absolute Gasteiger partial charge is 0.426 e. The number of Topliss-reactive ketones (excluding diaryl/α,β-unsaturated/α-hetero) is 1. The van der Waals surface area contributed by atoms with Gasteiger partial charge in [0.1, 0.15) is 18.0 Å². The lowest BCUT2D eigenvalue weighted by Gasteiger charge is -2.50. The topological polar surface area (TPSA) is 63.6 Å². The van der Waals surface area contributed by atoms with E-state index in [1.807, 2.05) is 19.1 Å². The number of hydrogen-bond donors (Lipinski definition) is 1. The van der Waals surface area contributed by atoms with Gasteiger partial charge < -0.3 is 9.84 Å². The molecule has 152 valence electrons. The minimum atomic E-state index is -0.458. The van der Waals surface area contributed by atoms with Gasteiger partial charge in [-0.15, -0.1) is 0 Å². The molecule has 0 aromatic heterocycles. The SMILES string of the molecule is CCCC(=O)CC(=O)Oc1ccc2c(c1)CCC1C2CCC2(C)C(O)CCC12. The summed E-state index contributed by atoms with van der Waals surface area (Å²) in [5.41, 5.74) is 2.79. The number of aliphatic hydroxyl groups is 1. The monoisotopic (exact) mass is 384 g/mol. The highest BCUT2D eigenvalue weighted by Gasteiger charge is 2.54. The molecule has 1 aromatic rings. The average Bonchev–Trinajstić information content (AvgIpc) is 2.96. The number of rotatable bonds is 5. The molecule has 3 aliphatic carbocycles.